The lowest BCUT2D eigenvalue weighted by Gasteiger charge is -2.08. The third kappa shape index (κ3) is 3.25. The van der Waals surface area contributed by atoms with Gasteiger partial charge in [0.05, 0.1) is 29.6 Å². The second kappa shape index (κ2) is 7.40. The molecule has 0 aliphatic rings. The number of nitrogens with zero attached hydrogens (tertiary/aromatic N) is 1. The van der Waals surface area contributed by atoms with Crippen LogP contribution in [0, 0.1) is 0 Å². The lowest BCUT2D eigenvalue weighted by Crippen LogP contribution is -2.03. The molecule has 4 rings (SSSR count). The summed E-state index contributed by atoms with van der Waals surface area (Å²) >= 11 is 0. The van der Waals surface area contributed by atoms with Crippen molar-refractivity contribution in [2.24, 2.45) is 4.99 Å². The molecule has 0 saturated carbocycles. The number of nitrogens with one attached hydrogen (secondary N) is 1. The van der Waals surface area contributed by atoms with Crippen LogP contribution in [0.1, 0.15) is 21.5 Å². The second-order valence-electron chi connectivity index (χ2n) is 6.26. The fourth-order valence-corrected chi connectivity index (χ4v) is 3.16. The number of ether oxygens (including phenoxy) is 1. The van der Waals surface area contributed by atoms with Crippen molar-refractivity contribution in [3.05, 3.63) is 95.6 Å². The fraction of sp³-hybridized carbons (Fsp3) is 0.0435. The summed E-state index contributed by atoms with van der Waals surface area (Å²) in [6.45, 7) is 0. The van der Waals surface area contributed by atoms with Crippen molar-refractivity contribution in [1.29, 1.82) is 0 Å². The number of hydrogen-bond acceptors (Lipinski definition) is 4. The average Bonchev–Trinajstić information content (AvgIpc) is 3.07. The SMILES string of the molecule is COC(=O)c1ccc2c(C(=Nc3ccccc3)c3ccccc3)c(O)[nH]c2c1. The normalized spacial score (nSPS) is 11.5. The molecule has 0 atom stereocenters. The number of para-hydroxylation sites is 1. The van der Waals surface area contributed by atoms with Crippen molar-refractivity contribution >= 4 is 28.3 Å². The summed E-state index contributed by atoms with van der Waals surface area (Å²) in [6, 6.07) is 24.4. The smallest absolute Gasteiger partial charge is 0.337 e. The van der Waals surface area contributed by atoms with Crippen LogP contribution in [-0.2, 0) is 4.74 Å². The van der Waals surface area contributed by atoms with Crippen molar-refractivity contribution in [2.75, 3.05) is 7.11 Å². The molecule has 5 nitrogen and oxygen atoms in total. The topological polar surface area (TPSA) is 74.7 Å². The van der Waals surface area contributed by atoms with Crippen LogP contribution in [0.3, 0.4) is 0 Å². The predicted molar refractivity (Wildman–Crippen MR) is 109 cm³/mol. The minimum absolute atomic E-state index is 0.00412. The largest absolute Gasteiger partial charge is 0.494 e. The number of carbonyl (C=O) groups excluding carboxylic acids is 1. The lowest BCUT2D eigenvalue weighted by atomic mass is 10.00. The summed E-state index contributed by atoms with van der Waals surface area (Å²) < 4.78 is 4.78. The van der Waals surface area contributed by atoms with Gasteiger partial charge in [-0.05, 0) is 24.3 Å². The van der Waals surface area contributed by atoms with E-state index in [2.05, 4.69) is 4.98 Å². The van der Waals surface area contributed by atoms with Gasteiger partial charge in [-0.15, -0.1) is 0 Å². The molecule has 138 valence electrons. The van der Waals surface area contributed by atoms with E-state index in [1.165, 1.54) is 7.11 Å². The standard InChI is InChI=1S/C23H18N2O3/c1-28-23(27)16-12-13-18-19(14-16)25-22(26)20(18)21(15-8-4-2-5-9-15)24-17-10-6-3-7-11-17/h2-14,25-26H,1H3. The van der Waals surface area contributed by atoms with E-state index in [-0.39, 0.29) is 5.88 Å². The van der Waals surface area contributed by atoms with Gasteiger partial charge in [-0.2, -0.15) is 0 Å². The molecular formula is C23H18N2O3. The Labute approximate surface area is 161 Å². The number of hydrogen-bond donors (Lipinski definition) is 2. The van der Waals surface area contributed by atoms with Gasteiger partial charge in [0.15, 0.2) is 5.88 Å². The summed E-state index contributed by atoms with van der Waals surface area (Å²) in [5.41, 5.74) is 3.92. The summed E-state index contributed by atoms with van der Waals surface area (Å²) in [5, 5.41) is 11.4. The first-order valence-corrected chi connectivity index (χ1v) is 8.80. The Morgan fingerprint density at radius 2 is 1.61 bits per heavy atom. The molecule has 0 spiro atoms. The van der Waals surface area contributed by atoms with Crippen LogP contribution >= 0.6 is 0 Å². The van der Waals surface area contributed by atoms with E-state index >= 15 is 0 Å². The lowest BCUT2D eigenvalue weighted by molar-refractivity contribution is 0.0601. The molecule has 4 aromatic rings. The van der Waals surface area contributed by atoms with Crippen molar-refractivity contribution in [1.82, 2.24) is 4.98 Å². The van der Waals surface area contributed by atoms with Gasteiger partial charge >= 0.3 is 5.97 Å². The van der Waals surface area contributed by atoms with Gasteiger partial charge in [-0.1, -0.05) is 54.6 Å². The van der Waals surface area contributed by atoms with Gasteiger partial charge in [0.1, 0.15) is 0 Å². The Hall–Kier alpha value is -3.86. The molecule has 5 heteroatoms. The minimum Gasteiger partial charge on any atom is -0.494 e. The number of fused-ring (bicyclic) bond motifs is 1. The molecule has 0 aliphatic carbocycles. The monoisotopic (exact) mass is 370 g/mol. The predicted octanol–water partition coefficient (Wildman–Crippen LogP) is 4.83. The van der Waals surface area contributed by atoms with Crippen molar-refractivity contribution in [3.63, 3.8) is 0 Å². The fourth-order valence-electron chi connectivity index (χ4n) is 3.16. The van der Waals surface area contributed by atoms with Gasteiger partial charge in [0.25, 0.3) is 0 Å². The Morgan fingerprint density at radius 1 is 0.929 bits per heavy atom. The highest BCUT2D eigenvalue weighted by atomic mass is 16.5. The van der Waals surface area contributed by atoms with E-state index in [4.69, 9.17) is 9.73 Å². The van der Waals surface area contributed by atoms with E-state index < -0.39 is 5.97 Å². The Morgan fingerprint density at radius 3 is 2.29 bits per heavy atom. The zero-order valence-electron chi connectivity index (χ0n) is 15.2. The first-order valence-electron chi connectivity index (χ1n) is 8.80. The summed E-state index contributed by atoms with van der Waals surface area (Å²) in [7, 11) is 1.34. The number of rotatable bonds is 4. The average molecular weight is 370 g/mol. The molecule has 1 aromatic heterocycles. The molecule has 28 heavy (non-hydrogen) atoms. The van der Waals surface area contributed by atoms with Gasteiger partial charge in [-0.25, -0.2) is 9.79 Å². The first kappa shape index (κ1) is 17.5. The number of aromatic hydroxyl groups is 1. The maximum atomic E-state index is 11.8. The van der Waals surface area contributed by atoms with Crippen LogP contribution in [-0.4, -0.2) is 28.9 Å². The second-order valence-corrected chi connectivity index (χ2v) is 6.26. The first-order chi connectivity index (χ1) is 13.7. The zero-order valence-corrected chi connectivity index (χ0v) is 15.2. The molecule has 0 bridgehead atoms. The van der Waals surface area contributed by atoms with Crippen molar-refractivity contribution in [3.8, 4) is 5.88 Å². The number of aliphatic imine (C=N–C) groups is 1. The molecule has 2 N–H and O–H groups in total. The minimum atomic E-state index is -0.432. The quantitative estimate of drug-likeness (QED) is 0.399. The van der Waals surface area contributed by atoms with Crippen LogP contribution in [0.5, 0.6) is 5.88 Å². The molecule has 1 heterocycles. The Kier molecular flexibility index (Phi) is 4.64. The van der Waals surface area contributed by atoms with Gasteiger partial charge in [0.2, 0.25) is 0 Å². The summed E-state index contributed by atoms with van der Waals surface area (Å²) in [4.78, 5) is 19.6. The van der Waals surface area contributed by atoms with Crippen LogP contribution in [0.4, 0.5) is 5.69 Å². The van der Waals surface area contributed by atoms with E-state index in [0.717, 1.165) is 16.6 Å². The third-order valence-electron chi connectivity index (χ3n) is 4.48. The van der Waals surface area contributed by atoms with E-state index in [9.17, 15) is 9.90 Å². The molecular weight excluding hydrogens is 352 g/mol. The Bertz CT molecular complexity index is 1160. The number of methoxy groups -OCH3 is 1. The molecule has 0 saturated heterocycles. The third-order valence-corrected chi connectivity index (χ3v) is 4.48. The van der Waals surface area contributed by atoms with Gasteiger partial charge in [-0.3, -0.25) is 0 Å². The van der Waals surface area contributed by atoms with Gasteiger partial charge < -0.3 is 14.8 Å². The molecule has 0 aliphatic heterocycles. The van der Waals surface area contributed by atoms with Crippen molar-refractivity contribution < 1.29 is 14.6 Å². The number of carbonyl (C=O) groups is 1. The maximum Gasteiger partial charge on any atom is 0.337 e. The molecule has 0 unspecified atom stereocenters. The van der Waals surface area contributed by atoms with Crippen LogP contribution in [0.2, 0.25) is 0 Å². The van der Waals surface area contributed by atoms with Crippen LogP contribution in [0.25, 0.3) is 10.9 Å². The number of aromatic amines is 1. The number of H-pyrrole nitrogens is 1. The Balaban J connectivity index is 1.94. The van der Waals surface area contributed by atoms with Crippen LogP contribution in [0.15, 0.2) is 83.9 Å². The molecule has 0 amide bonds. The highest BCUT2D eigenvalue weighted by Gasteiger charge is 2.19. The van der Waals surface area contributed by atoms with E-state index in [0.29, 0.717) is 22.4 Å². The molecule has 0 fully saturated rings. The highest BCUT2D eigenvalue weighted by Crippen LogP contribution is 2.32. The number of benzene rings is 3. The van der Waals surface area contributed by atoms with Gasteiger partial charge in [0, 0.05) is 16.5 Å². The number of esters is 1. The number of aromatic nitrogens is 1. The summed E-state index contributed by atoms with van der Waals surface area (Å²) in [5.74, 6) is -0.436. The highest BCUT2D eigenvalue weighted by molar-refractivity contribution is 6.22. The van der Waals surface area contributed by atoms with Crippen molar-refractivity contribution in [2.45, 2.75) is 0 Å². The summed E-state index contributed by atoms with van der Waals surface area (Å²) in [6.07, 6.45) is 0. The molecule has 0 radical (unpaired) electrons. The zero-order chi connectivity index (χ0) is 19.5. The van der Waals surface area contributed by atoms with E-state index in [1.54, 1.807) is 18.2 Å². The van der Waals surface area contributed by atoms with Crippen LogP contribution < -0.4 is 0 Å². The molecule has 3 aromatic carbocycles. The maximum absolute atomic E-state index is 11.8. The van der Waals surface area contributed by atoms with E-state index in [1.807, 2.05) is 60.7 Å².